The van der Waals surface area contributed by atoms with Crippen molar-refractivity contribution in [3.05, 3.63) is 54.1 Å². The van der Waals surface area contributed by atoms with E-state index in [0.717, 1.165) is 55.6 Å². The van der Waals surface area contributed by atoms with Gasteiger partial charge in [-0.15, -0.1) is 0 Å². The largest absolute Gasteiger partial charge is 0.436 e. The SMILES string of the molecule is CCCC[C@H](CO)[C@H](CC1CCCCC1)NC(=O)[C@H](Cc1cnc[nH]1)N(C)C(=O)[C@H](Cc1ccccc1)OC(=O)N(C)CCC(=O)N1CCSCC1. The molecule has 52 heavy (non-hydrogen) atoms. The van der Waals surface area contributed by atoms with Crippen LogP contribution in [0.2, 0.25) is 0 Å². The van der Waals surface area contributed by atoms with Gasteiger partial charge in [-0.1, -0.05) is 82.2 Å². The summed E-state index contributed by atoms with van der Waals surface area (Å²) in [5.41, 5.74) is 1.48. The number of unbranched alkanes of at least 4 members (excludes halogenated alkanes) is 1. The fourth-order valence-electron chi connectivity index (χ4n) is 7.25. The molecule has 0 bridgehead atoms. The second-order valence-corrected chi connectivity index (χ2v) is 15.6. The van der Waals surface area contributed by atoms with Crippen molar-refractivity contribution in [1.82, 2.24) is 30.0 Å². The van der Waals surface area contributed by atoms with Crippen molar-refractivity contribution < 1.29 is 29.0 Å². The Bertz CT molecular complexity index is 1370. The third kappa shape index (κ3) is 12.8. The summed E-state index contributed by atoms with van der Waals surface area (Å²) in [4.78, 5) is 66.7. The van der Waals surface area contributed by atoms with Crippen LogP contribution < -0.4 is 5.32 Å². The summed E-state index contributed by atoms with van der Waals surface area (Å²) in [6, 6.07) is 8.14. The number of hydrogen-bond donors (Lipinski definition) is 3. The fourth-order valence-corrected chi connectivity index (χ4v) is 8.15. The maximum Gasteiger partial charge on any atom is 0.410 e. The molecule has 2 aliphatic rings. The molecule has 2 fully saturated rings. The fraction of sp³-hybridized carbons (Fsp3) is 0.667. The van der Waals surface area contributed by atoms with E-state index in [9.17, 15) is 24.3 Å². The molecule has 288 valence electrons. The van der Waals surface area contributed by atoms with Gasteiger partial charge < -0.3 is 34.8 Å². The molecular weight excluding hydrogens is 681 g/mol. The van der Waals surface area contributed by atoms with Crippen molar-refractivity contribution in [1.29, 1.82) is 0 Å². The van der Waals surface area contributed by atoms with Gasteiger partial charge in [-0.2, -0.15) is 11.8 Å². The number of aromatic amines is 1. The maximum absolute atomic E-state index is 14.4. The summed E-state index contributed by atoms with van der Waals surface area (Å²) in [6.45, 7) is 3.65. The maximum atomic E-state index is 14.4. The lowest BCUT2D eigenvalue weighted by Gasteiger charge is -2.35. The molecule has 1 aliphatic carbocycles. The van der Waals surface area contributed by atoms with Crippen LogP contribution >= 0.6 is 11.8 Å². The van der Waals surface area contributed by atoms with Gasteiger partial charge in [0.25, 0.3) is 5.91 Å². The van der Waals surface area contributed by atoms with E-state index in [2.05, 4.69) is 22.2 Å². The molecule has 1 saturated heterocycles. The number of nitrogens with zero attached hydrogens (tertiary/aromatic N) is 4. The second-order valence-electron chi connectivity index (χ2n) is 14.4. The van der Waals surface area contributed by atoms with Crippen LogP contribution in [0.5, 0.6) is 0 Å². The molecule has 13 heteroatoms. The van der Waals surface area contributed by atoms with E-state index in [0.29, 0.717) is 24.7 Å². The number of carbonyl (C=O) groups excluding carboxylic acids is 4. The highest BCUT2D eigenvalue weighted by molar-refractivity contribution is 7.99. The van der Waals surface area contributed by atoms with E-state index in [1.54, 1.807) is 20.3 Å². The first kappa shape index (κ1) is 41.2. The Morgan fingerprint density at radius 1 is 1.08 bits per heavy atom. The van der Waals surface area contributed by atoms with E-state index in [4.69, 9.17) is 4.74 Å². The van der Waals surface area contributed by atoms with Crippen molar-refractivity contribution in [3.8, 4) is 0 Å². The summed E-state index contributed by atoms with van der Waals surface area (Å²) in [5, 5.41) is 13.8. The number of ether oxygens (including phenoxy) is 1. The van der Waals surface area contributed by atoms with Crippen LogP contribution in [0.3, 0.4) is 0 Å². The summed E-state index contributed by atoms with van der Waals surface area (Å²) in [7, 11) is 3.14. The van der Waals surface area contributed by atoms with Crippen LogP contribution in [-0.2, 0) is 32.0 Å². The van der Waals surface area contributed by atoms with Crippen molar-refractivity contribution in [3.63, 3.8) is 0 Å². The highest BCUT2D eigenvalue weighted by atomic mass is 32.2. The molecule has 1 aromatic carbocycles. The molecule has 12 nitrogen and oxygen atoms in total. The topological polar surface area (TPSA) is 148 Å². The number of aliphatic hydroxyl groups excluding tert-OH is 1. The molecule has 1 aromatic heterocycles. The van der Waals surface area contributed by atoms with Crippen LogP contribution in [0.15, 0.2) is 42.9 Å². The van der Waals surface area contributed by atoms with Gasteiger partial charge in [0.1, 0.15) is 6.04 Å². The highest BCUT2D eigenvalue weighted by Crippen LogP contribution is 2.30. The lowest BCUT2D eigenvalue weighted by Crippen LogP contribution is -2.56. The molecule has 4 atom stereocenters. The molecular formula is C39H60N6O6S. The van der Waals surface area contributed by atoms with Crippen LogP contribution in [0.25, 0.3) is 0 Å². The number of likely N-dealkylation sites (N-methyl/N-ethyl adjacent to an activating group) is 1. The normalized spacial score (nSPS) is 17.4. The van der Waals surface area contributed by atoms with Crippen LogP contribution in [0.4, 0.5) is 4.79 Å². The zero-order valence-electron chi connectivity index (χ0n) is 31.3. The zero-order chi connectivity index (χ0) is 37.3. The molecule has 4 amide bonds. The van der Waals surface area contributed by atoms with Gasteiger partial charge in [0, 0.05) is 95.0 Å². The minimum atomic E-state index is -1.22. The number of H-pyrrole nitrogens is 1. The predicted octanol–water partition coefficient (Wildman–Crippen LogP) is 4.68. The monoisotopic (exact) mass is 740 g/mol. The average molecular weight is 741 g/mol. The Morgan fingerprint density at radius 2 is 1.81 bits per heavy atom. The Balaban J connectivity index is 1.52. The summed E-state index contributed by atoms with van der Waals surface area (Å²) >= 11 is 1.82. The number of aromatic nitrogens is 2. The number of thioether (sulfide) groups is 1. The number of amides is 4. The Kier molecular flexibility index (Phi) is 17.3. The first-order valence-electron chi connectivity index (χ1n) is 19.2. The molecule has 2 aromatic rings. The first-order chi connectivity index (χ1) is 25.2. The van der Waals surface area contributed by atoms with E-state index in [-0.39, 0.29) is 56.2 Å². The quantitative estimate of drug-likeness (QED) is 0.188. The van der Waals surface area contributed by atoms with Crippen LogP contribution in [-0.4, -0.2) is 124 Å². The van der Waals surface area contributed by atoms with Gasteiger partial charge in [0.15, 0.2) is 6.10 Å². The van der Waals surface area contributed by atoms with Crippen molar-refractivity contribution in [2.75, 3.05) is 51.8 Å². The zero-order valence-corrected chi connectivity index (χ0v) is 32.2. The lowest BCUT2D eigenvalue weighted by atomic mass is 9.80. The Morgan fingerprint density at radius 3 is 2.46 bits per heavy atom. The summed E-state index contributed by atoms with van der Waals surface area (Å²) in [5.74, 6) is 1.34. The minimum absolute atomic E-state index is 0.0100. The number of rotatable bonds is 19. The average Bonchev–Trinajstić information content (AvgIpc) is 3.70. The van der Waals surface area contributed by atoms with Gasteiger partial charge >= 0.3 is 6.09 Å². The molecule has 1 saturated carbocycles. The van der Waals surface area contributed by atoms with Gasteiger partial charge in [0.05, 0.1) is 6.33 Å². The molecule has 0 spiro atoms. The smallest absolute Gasteiger partial charge is 0.410 e. The summed E-state index contributed by atoms with van der Waals surface area (Å²) in [6.07, 6.45) is 11.0. The predicted molar refractivity (Wildman–Crippen MR) is 204 cm³/mol. The third-order valence-corrected chi connectivity index (χ3v) is 11.5. The number of aliphatic hydroxyl groups is 1. The van der Waals surface area contributed by atoms with Gasteiger partial charge in [-0.25, -0.2) is 9.78 Å². The highest BCUT2D eigenvalue weighted by Gasteiger charge is 2.37. The third-order valence-electron chi connectivity index (χ3n) is 10.6. The number of benzene rings is 1. The van der Waals surface area contributed by atoms with Gasteiger partial charge in [0.2, 0.25) is 11.8 Å². The standard InChI is InChI=1S/C39H60N6O6S/c1-4-5-16-31(27-46)33(23-29-12-8-6-9-13-29)42-37(48)34(25-32-26-40-28-41-32)44(3)38(49)35(24-30-14-10-7-11-15-30)51-39(50)43(2)18-17-36(47)45-19-21-52-22-20-45/h7,10-11,14-15,26,28-29,31,33-35,46H,4-6,8-9,12-13,16-25,27H2,1-3H3,(H,40,41)(H,42,48)/t31-,33+,34+,35+/m1/s1. The number of nitrogens with one attached hydrogen (secondary N) is 2. The Hall–Kier alpha value is -3.58. The number of hydrogen-bond acceptors (Lipinski definition) is 8. The van der Waals surface area contributed by atoms with Crippen molar-refractivity contribution in [2.24, 2.45) is 11.8 Å². The number of carbonyl (C=O) groups is 4. The second kappa shape index (κ2) is 21.8. The van der Waals surface area contributed by atoms with E-state index in [1.165, 1.54) is 35.4 Å². The molecule has 0 unspecified atom stereocenters. The van der Waals surface area contributed by atoms with Crippen LogP contribution in [0.1, 0.15) is 82.4 Å². The molecule has 2 heterocycles. The first-order valence-corrected chi connectivity index (χ1v) is 20.3. The summed E-state index contributed by atoms with van der Waals surface area (Å²) < 4.78 is 5.91. The lowest BCUT2D eigenvalue weighted by molar-refractivity contribution is -0.146. The molecule has 4 rings (SSSR count). The van der Waals surface area contributed by atoms with Crippen molar-refractivity contribution >= 4 is 35.6 Å². The molecule has 1 aliphatic heterocycles. The van der Waals surface area contributed by atoms with Crippen molar-refractivity contribution in [2.45, 2.75) is 102 Å². The van der Waals surface area contributed by atoms with Gasteiger partial charge in [-0.05, 0) is 24.3 Å². The number of imidazole rings is 1. The van der Waals surface area contributed by atoms with Crippen LogP contribution in [0, 0.1) is 11.8 Å². The molecule has 0 radical (unpaired) electrons. The van der Waals surface area contributed by atoms with E-state index in [1.807, 2.05) is 47.0 Å². The van der Waals surface area contributed by atoms with Gasteiger partial charge in [-0.3, -0.25) is 14.4 Å². The molecule has 3 N–H and O–H groups in total. The van der Waals surface area contributed by atoms with E-state index >= 15 is 0 Å². The Labute approximate surface area is 313 Å². The minimum Gasteiger partial charge on any atom is -0.436 e. The van der Waals surface area contributed by atoms with E-state index < -0.39 is 24.1 Å².